The number of rotatable bonds is 8. The van der Waals surface area contributed by atoms with Gasteiger partial charge in [0.05, 0.1) is 18.5 Å². The van der Waals surface area contributed by atoms with Gasteiger partial charge in [0.2, 0.25) is 11.8 Å². The second-order valence-electron chi connectivity index (χ2n) is 5.53. The summed E-state index contributed by atoms with van der Waals surface area (Å²) in [6, 6.07) is 1.18. The molecule has 2 aromatic heterocycles. The van der Waals surface area contributed by atoms with Crippen molar-refractivity contribution in [2.45, 2.75) is 19.4 Å². The molecule has 2 aromatic rings. The molecule has 0 radical (unpaired) electrons. The SMILES string of the molecule is COCCOc1ccnc(NC(=O)Nc2cnn(CC3CC3)c2)n1. The number of carbonyl (C=O) groups is 1. The highest BCUT2D eigenvalue weighted by molar-refractivity contribution is 5.98. The van der Waals surface area contributed by atoms with Crippen LogP contribution in [0, 0.1) is 5.92 Å². The highest BCUT2D eigenvalue weighted by Gasteiger charge is 2.22. The van der Waals surface area contributed by atoms with Crippen molar-refractivity contribution < 1.29 is 14.3 Å². The van der Waals surface area contributed by atoms with Crippen molar-refractivity contribution in [3.63, 3.8) is 0 Å². The molecule has 24 heavy (non-hydrogen) atoms. The van der Waals surface area contributed by atoms with Gasteiger partial charge in [-0.3, -0.25) is 10.00 Å². The molecule has 128 valence electrons. The normalized spacial score (nSPS) is 13.5. The first-order valence-electron chi connectivity index (χ1n) is 7.78. The van der Waals surface area contributed by atoms with Gasteiger partial charge in [-0.2, -0.15) is 10.1 Å². The number of nitrogens with one attached hydrogen (secondary N) is 2. The van der Waals surface area contributed by atoms with E-state index < -0.39 is 6.03 Å². The van der Waals surface area contributed by atoms with Crippen LogP contribution in [-0.4, -0.2) is 46.1 Å². The molecule has 2 N–H and O–H groups in total. The molecule has 0 bridgehead atoms. The average Bonchev–Trinajstić information content (AvgIpc) is 3.26. The molecule has 2 heterocycles. The zero-order chi connectivity index (χ0) is 16.8. The molecular formula is C15H20N6O3. The number of hydrogen-bond acceptors (Lipinski definition) is 6. The number of carbonyl (C=O) groups excluding carboxylic acids is 1. The predicted octanol–water partition coefficient (Wildman–Crippen LogP) is 1.75. The Bertz CT molecular complexity index is 685. The van der Waals surface area contributed by atoms with Crippen LogP contribution in [0.2, 0.25) is 0 Å². The second-order valence-corrected chi connectivity index (χ2v) is 5.53. The van der Waals surface area contributed by atoms with Gasteiger partial charge in [-0.25, -0.2) is 9.78 Å². The zero-order valence-electron chi connectivity index (χ0n) is 13.4. The van der Waals surface area contributed by atoms with E-state index in [0.717, 1.165) is 12.5 Å². The van der Waals surface area contributed by atoms with Crippen LogP contribution in [-0.2, 0) is 11.3 Å². The van der Waals surface area contributed by atoms with E-state index in [0.29, 0.717) is 24.8 Å². The minimum Gasteiger partial charge on any atom is -0.475 e. The summed E-state index contributed by atoms with van der Waals surface area (Å²) in [5, 5.41) is 9.49. The van der Waals surface area contributed by atoms with E-state index >= 15 is 0 Å². The summed E-state index contributed by atoms with van der Waals surface area (Å²) in [5.41, 5.74) is 0.626. The Morgan fingerprint density at radius 3 is 3.04 bits per heavy atom. The third-order valence-electron chi connectivity index (χ3n) is 3.43. The Kier molecular flexibility index (Phi) is 5.22. The van der Waals surface area contributed by atoms with Gasteiger partial charge < -0.3 is 14.8 Å². The van der Waals surface area contributed by atoms with Crippen molar-refractivity contribution in [2.75, 3.05) is 31.0 Å². The summed E-state index contributed by atoms with van der Waals surface area (Å²) in [7, 11) is 1.59. The summed E-state index contributed by atoms with van der Waals surface area (Å²) >= 11 is 0. The maximum atomic E-state index is 12.0. The minimum atomic E-state index is -0.435. The quantitative estimate of drug-likeness (QED) is 0.714. The van der Waals surface area contributed by atoms with E-state index in [-0.39, 0.29) is 5.95 Å². The number of methoxy groups -OCH3 is 1. The van der Waals surface area contributed by atoms with Gasteiger partial charge in [0.25, 0.3) is 0 Å². The summed E-state index contributed by atoms with van der Waals surface area (Å²) < 4.78 is 12.1. The first-order valence-corrected chi connectivity index (χ1v) is 7.78. The third kappa shape index (κ3) is 4.92. The number of nitrogens with zero attached hydrogens (tertiary/aromatic N) is 4. The van der Waals surface area contributed by atoms with Crippen molar-refractivity contribution in [3.8, 4) is 5.88 Å². The lowest BCUT2D eigenvalue weighted by Crippen LogP contribution is -2.20. The van der Waals surface area contributed by atoms with E-state index in [2.05, 4.69) is 25.7 Å². The number of urea groups is 1. The summed E-state index contributed by atoms with van der Waals surface area (Å²) in [6.45, 7) is 1.73. The van der Waals surface area contributed by atoms with Crippen LogP contribution < -0.4 is 15.4 Å². The minimum absolute atomic E-state index is 0.160. The molecule has 0 saturated heterocycles. The van der Waals surface area contributed by atoms with Gasteiger partial charge in [0, 0.05) is 32.1 Å². The molecule has 1 fully saturated rings. The number of hydrogen-bond donors (Lipinski definition) is 2. The molecule has 0 aliphatic heterocycles. The fraction of sp³-hybridized carbons (Fsp3) is 0.467. The third-order valence-corrected chi connectivity index (χ3v) is 3.43. The number of amides is 2. The lowest BCUT2D eigenvalue weighted by Gasteiger charge is -2.07. The van der Waals surface area contributed by atoms with Gasteiger partial charge in [-0.05, 0) is 18.8 Å². The van der Waals surface area contributed by atoms with Gasteiger partial charge in [0.1, 0.15) is 6.61 Å². The summed E-state index contributed by atoms with van der Waals surface area (Å²) in [6.07, 6.45) is 7.45. The van der Waals surface area contributed by atoms with Crippen molar-refractivity contribution in [1.82, 2.24) is 19.7 Å². The van der Waals surface area contributed by atoms with E-state index in [4.69, 9.17) is 9.47 Å². The highest BCUT2D eigenvalue weighted by atomic mass is 16.5. The van der Waals surface area contributed by atoms with Crippen molar-refractivity contribution in [2.24, 2.45) is 5.92 Å². The molecular weight excluding hydrogens is 312 g/mol. The molecule has 0 unspecified atom stereocenters. The van der Waals surface area contributed by atoms with Crippen LogP contribution in [0.3, 0.4) is 0 Å². The predicted molar refractivity (Wildman–Crippen MR) is 87.0 cm³/mol. The topological polar surface area (TPSA) is 103 Å². The molecule has 1 aliphatic carbocycles. The van der Waals surface area contributed by atoms with E-state index in [1.54, 1.807) is 19.4 Å². The Hall–Kier alpha value is -2.68. The molecule has 9 heteroatoms. The number of anilines is 2. The zero-order valence-corrected chi connectivity index (χ0v) is 13.4. The Labute approximate surface area is 139 Å². The van der Waals surface area contributed by atoms with Gasteiger partial charge in [0.15, 0.2) is 0 Å². The Morgan fingerprint density at radius 1 is 1.38 bits per heavy atom. The first-order chi connectivity index (χ1) is 11.7. The fourth-order valence-electron chi connectivity index (χ4n) is 2.07. The molecule has 0 spiro atoms. The number of aromatic nitrogens is 4. The smallest absolute Gasteiger partial charge is 0.326 e. The molecule has 1 saturated carbocycles. The molecule has 2 amide bonds. The molecule has 3 rings (SSSR count). The molecule has 1 aliphatic rings. The van der Waals surface area contributed by atoms with Crippen molar-refractivity contribution in [1.29, 1.82) is 0 Å². The Morgan fingerprint density at radius 2 is 2.25 bits per heavy atom. The number of ether oxygens (including phenoxy) is 2. The summed E-state index contributed by atoms with van der Waals surface area (Å²) in [5.74, 6) is 1.25. The van der Waals surface area contributed by atoms with Crippen molar-refractivity contribution >= 4 is 17.7 Å². The maximum Gasteiger partial charge on any atom is 0.326 e. The van der Waals surface area contributed by atoms with Crippen LogP contribution in [0.5, 0.6) is 5.88 Å². The average molecular weight is 332 g/mol. The second kappa shape index (κ2) is 7.73. The van der Waals surface area contributed by atoms with Crippen LogP contribution in [0.25, 0.3) is 0 Å². The lowest BCUT2D eigenvalue weighted by molar-refractivity contribution is 0.144. The molecule has 0 atom stereocenters. The lowest BCUT2D eigenvalue weighted by atomic mass is 10.4. The standard InChI is InChI=1S/C15H20N6O3/c1-23-6-7-24-13-4-5-16-14(19-13)20-15(22)18-12-8-17-21(10-12)9-11-2-3-11/h4-5,8,10-11H,2-3,6-7,9H2,1H3,(H2,16,18,19,20,22). The van der Waals surface area contributed by atoms with E-state index in [1.807, 2.05) is 10.9 Å². The van der Waals surface area contributed by atoms with Gasteiger partial charge in [-0.15, -0.1) is 0 Å². The van der Waals surface area contributed by atoms with Gasteiger partial charge >= 0.3 is 6.03 Å². The first kappa shape index (κ1) is 16.2. The summed E-state index contributed by atoms with van der Waals surface area (Å²) in [4.78, 5) is 20.1. The van der Waals surface area contributed by atoms with Gasteiger partial charge in [-0.1, -0.05) is 0 Å². The van der Waals surface area contributed by atoms with Crippen molar-refractivity contribution in [3.05, 3.63) is 24.7 Å². The fourth-order valence-corrected chi connectivity index (χ4v) is 2.07. The van der Waals surface area contributed by atoms with E-state index in [9.17, 15) is 4.79 Å². The van der Waals surface area contributed by atoms with Crippen LogP contribution >= 0.6 is 0 Å². The largest absolute Gasteiger partial charge is 0.475 e. The Balaban J connectivity index is 1.50. The van der Waals surface area contributed by atoms with E-state index in [1.165, 1.54) is 19.0 Å². The maximum absolute atomic E-state index is 12.0. The van der Waals surface area contributed by atoms with Crippen LogP contribution in [0.1, 0.15) is 12.8 Å². The molecule has 0 aromatic carbocycles. The highest BCUT2D eigenvalue weighted by Crippen LogP contribution is 2.30. The van der Waals surface area contributed by atoms with Crippen LogP contribution in [0.4, 0.5) is 16.4 Å². The monoisotopic (exact) mass is 332 g/mol. The molecule has 9 nitrogen and oxygen atoms in total. The van der Waals surface area contributed by atoms with Crippen LogP contribution in [0.15, 0.2) is 24.7 Å².